The number of hydrogen-bond acceptors (Lipinski definition) is 9. The van der Waals surface area contributed by atoms with E-state index in [-0.39, 0.29) is 16.6 Å². The molecule has 0 aliphatic rings. The Morgan fingerprint density at radius 2 is 1.72 bits per heavy atom. The van der Waals surface area contributed by atoms with Gasteiger partial charge in [0, 0.05) is 17.3 Å². The number of rotatable bonds is 14. The van der Waals surface area contributed by atoms with Crippen LogP contribution in [0.4, 0.5) is 11.5 Å². The largest absolute Gasteiger partial charge is 0.490 e. The van der Waals surface area contributed by atoms with E-state index in [9.17, 15) is 23.1 Å². The summed E-state index contributed by atoms with van der Waals surface area (Å²) in [6.07, 6.45) is 0.921. The lowest BCUT2D eigenvalue weighted by Gasteiger charge is -2.26. The molecule has 0 aliphatic heterocycles. The fourth-order valence-electron chi connectivity index (χ4n) is 5.03. The third kappa shape index (κ3) is 7.86. The molecule has 0 saturated heterocycles. The van der Waals surface area contributed by atoms with E-state index in [2.05, 4.69) is 15.6 Å². The molecule has 1 heterocycles. The van der Waals surface area contributed by atoms with Gasteiger partial charge in [0.2, 0.25) is 5.91 Å². The number of aliphatic carboxylic acids is 1. The molecular formula is C34H40N4O7S. The molecule has 0 saturated carbocycles. The number of nitrogens with one attached hydrogen (secondary N) is 2. The molecule has 0 aliphatic carbocycles. The molecule has 1 unspecified atom stereocenters. The number of nitrogens with two attached hydrogens (primary N) is 1. The first-order valence-electron chi connectivity index (χ1n) is 15.0. The van der Waals surface area contributed by atoms with E-state index in [4.69, 9.17) is 15.2 Å². The third-order valence-corrected chi connectivity index (χ3v) is 9.47. The number of benzene rings is 3. The van der Waals surface area contributed by atoms with Crippen LogP contribution in [0.2, 0.25) is 0 Å². The van der Waals surface area contributed by atoms with Crippen LogP contribution in [0.15, 0.2) is 77.8 Å². The zero-order valence-electron chi connectivity index (χ0n) is 26.5. The standard InChI is InChI=1S/C34H40N4O7S/c1-6-44-29-18-23(11-14-28(29)45-20(2)3)32(37-24-12-13-25-22(17-24)15-16-36-33(25)35)34(41)38-27(19-31(39)40)26-9-7-8-10-30(26)46(42,43)21(4)5/h7-18,20-21,27,32,37H,6,19H2,1-5H3,(H2,35,36)(H,38,41)(H,39,40)/t27-,32?/m1/s1. The number of carboxylic acid groups (broad SMARTS) is 1. The van der Waals surface area contributed by atoms with Gasteiger partial charge in [-0.3, -0.25) is 9.59 Å². The van der Waals surface area contributed by atoms with Gasteiger partial charge in [-0.05, 0) is 93.6 Å². The van der Waals surface area contributed by atoms with Crippen LogP contribution in [0.5, 0.6) is 11.5 Å². The second-order valence-corrected chi connectivity index (χ2v) is 13.8. The summed E-state index contributed by atoms with van der Waals surface area (Å²) in [6.45, 7) is 9.07. The van der Waals surface area contributed by atoms with Crippen LogP contribution in [0, 0.1) is 0 Å². The van der Waals surface area contributed by atoms with Crippen molar-refractivity contribution in [3.8, 4) is 11.5 Å². The van der Waals surface area contributed by atoms with Crippen LogP contribution < -0.4 is 25.8 Å². The summed E-state index contributed by atoms with van der Waals surface area (Å²) in [5.74, 6) is -0.489. The van der Waals surface area contributed by atoms with E-state index < -0.39 is 45.5 Å². The predicted molar refractivity (Wildman–Crippen MR) is 178 cm³/mol. The van der Waals surface area contributed by atoms with E-state index in [1.165, 1.54) is 12.1 Å². The molecule has 11 nitrogen and oxygen atoms in total. The Balaban J connectivity index is 1.81. The molecule has 5 N–H and O–H groups in total. The molecule has 0 bridgehead atoms. The number of ether oxygens (including phenoxy) is 2. The number of carboxylic acids is 1. The Labute approximate surface area is 269 Å². The molecule has 4 aromatic rings. The Hall–Kier alpha value is -4.84. The number of anilines is 2. The van der Waals surface area contributed by atoms with E-state index in [1.807, 2.05) is 26.8 Å². The number of nitrogen functional groups attached to an aromatic ring is 1. The number of amides is 1. The van der Waals surface area contributed by atoms with E-state index in [0.29, 0.717) is 35.2 Å². The van der Waals surface area contributed by atoms with Crippen molar-refractivity contribution >= 4 is 44.0 Å². The van der Waals surface area contributed by atoms with Gasteiger partial charge in [0.1, 0.15) is 11.9 Å². The van der Waals surface area contributed by atoms with Crippen molar-refractivity contribution in [2.24, 2.45) is 0 Å². The highest BCUT2D eigenvalue weighted by atomic mass is 32.2. The first kappa shape index (κ1) is 34.0. The predicted octanol–water partition coefficient (Wildman–Crippen LogP) is 5.67. The van der Waals surface area contributed by atoms with Crippen LogP contribution in [0.25, 0.3) is 10.8 Å². The lowest BCUT2D eigenvalue weighted by atomic mass is 10.0. The van der Waals surface area contributed by atoms with Gasteiger partial charge < -0.3 is 30.9 Å². The van der Waals surface area contributed by atoms with Gasteiger partial charge in [0.05, 0.1) is 35.3 Å². The lowest BCUT2D eigenvalue weighted by molar-refractivity contribution is -0.137. The average molecular weight is 649 g/mol. The molecule has 4 rings (SSSR count). The maximum absolute atomic E-state index is 14.2. The zero-order chi connectivity index (χ0) is 33.6. The summed E-state index contributed by atoms with van der Waals surface area (Å²) in [7, 11) is -3.80. The highest BCUT2D eigenvalue weighted by Gasteiger charge is 2.31. The Morgan fingerprint density at radius 1 is 0.978 bits per heavy atom. The van der Waals surface area contributed by atoms with Gasteiger partial charge in [-0.2, -0.15) is 0 Å². The summed E-state index contributed by atoms with van der Waals surface area (Å²) in [5, 5.41) is 16.7. The molecule has 0 radical (unpaired) electrons. The number of fused-ring (bicyclic) bond motifs is 1. The minimum atomic E-state index is -3.80. The van der Waals surface area contributed by atoms with Crippen LogP contribution in [0.3, 0.4) is 0 Å². The number of carbonyl (C=O) groups is 2. The van der Waals surface area contributed by atoms with Gasteiger partial charge in [0.15, 0.2) is 21.3 Å². The Kier molecular flexibility index (Phi) is 10.7. The van der Waals surface area contributed by atoms with Gasteiger partial charge in [-0.1, -0.05) is 24.3 Å². The van der Waals surface area contributed by atoms with Gasteiger partial charge in [-0.15, -0.1) is 0 Å². The minimum Gasteiger partial charge on any atom is -0.490 e. The second-order valence-electron chi connectivity index (χ2n) is 11.3. The molecule has 3 aromatic carbocycles. The lowest BCUT2D eigenvalue weighted by Crippen LogP contribution is -2.37. The highest BCUT2D eigenvalue weighted by molar-refractivity contribution is 7.92. The molecule has 46 heavy (non-hydrogen) atoms. The van der Waals surface area contributed by atoms with E-state index in [0.717, 1.165) is 10.8 Å². The van der Waals surface area contributed by atoms with Crippen molar-refractivity contribution in [2.75, 3.05) is 17.7 Å². The molecule has 1 aromatic heterocycles. The Morgan fingerprint density at radius 3 is 2.39 bits per heavy atom. The summed E-state index contributed by atoms with van der Waals surface area (Å²) in [4.78, 5) is 30.4. The van der Waals surface area contributed by atoms with Crippen molar-refractivity contribution in [1.29, 1.82) is 0 Å². The number of pyridine rings is 1. The van der Waals surface area contributed by atoms with Crippen molar-refractivity contribution in [1.82, 2.24) is 10.3 Å². The number of hydrogen-bond donors (Lipinski definition) is 4. The topological polar surface area (TPSA) is 170 Å². The third-order valence-electron chi connectivity index (χ3n) is 7.25. The molecule has 2 atom stereocenters. The number of sulfone groups is 1. The SMILES string of the molecule is CCOc1cc(C(Nc2ccc3c(N)nccc3c2)C(=O)N[C@H](CC(=O)O)c2ccccc2S(=O)(=O)C(C)C)ccc1OC(C)C. The van der Waals surface area contributed by atoms with Crippen LogP contribution >= 0.6 is 0 Å². The summed E-state index contributed by atoms with van der Waals surface area (Å²) < 4.78 is 38.3. The maximum atomic E-state index is 14.2. The van der Waals surface area contributed by atoms with E-state index >= 15 is 0 Å². The Bertz CT molecular complexity index is 1830. The zero-order valence-corrected chi connectivity index (χ0v) is 27.3. The van der Waals surface area contributed by atoms with Crippen molar-refractivity contribution in [3.05, 3.63) is 84.1 Å². The maximum Gasteiger partial charge on any atom is 0.305 e. The highest BCUT2D eigenvalue weighted by Crippen LogP contribution is 2.35. The first-order chi connectivity index (χ1) is 21.8. The molecular weight excluding hydrogens is 608 g/mol. The minimum absolute atomic E-state index is 0.0318. The fourth-order valence-corrected chi connectivity index (χ4v) is 6.35. The quantitative estimate of drug-likeness (QED) is 0.134. The van der Waals surface area contributed by atoms with Crippen molar-refractivity contribution in [3.63, 3.8) is 0 Å². The molecule has 1 amide bonds. The monoisotopic (exact) mass is 648 g/mol. The molecule has 0 spiro atoms. The van der Waals surface area contributed by atoms with Crippen LogP contribution in [-0.2, 0) is 19.4 Å². The van der Waals surface area contributed by atoms with Crippen LogP contribution in [0.1, 0.15) is 64.3 Å². The van der Waals surface area contributed by atoms with Gasteiger partial charge in [-0.25, -0.2) is 13.4 Å². The number of carbonyl (C=O) groups excluding carboxylic acids is 1. The number of aromatic nitrogens is 1. The van der Waals surface area contributed by atoms with Crippen LogP contribution in [-0.4, -0.2) is 48.3 Å². The second kappa shape index (κ2) is 14.5. The van der Waals surface area contributed by atoms with Gasteiger partial charge in [0.25, 0.3) is 0 Å². The summed E-state index contributed by atoms with van der Waals surface area (Å²) in [6, 6.07) is 16.2. The molecule has 244 valence electrons. The van der Waals surface area contributed by atoms with Gasteiger partial charge >= 0.3 is 5.97 Å². The number of nitrogens with zero attached hydrogens (tertiary/aromatic N) is 1. The smallest absolute Gasteiger partial charge is 0.305 e. The summed E-state index contributed by atoms with van der Waals surface area (Å²) >= 11 is 0. The fraction of sp³-hybridized carbons (Fsp3) is 0.324. The van der Waals surface area contributed by atoms with Crippen molar-refractivity contribution in [2.45, 2.75) is 69.4 Å². The summed E-state index contributed by atoms with van der Waals surface area (Å²) in [5.41, 5.74) is 7.31. The first-order valence-corrected chi connectivity index (χ1v) is 16.6. The van der Waals surface area contributed by atoms with E-state index in [1.54, 1.807) is 68.6 Å². The average Bonchev–Trinajstić information content (AvgIpc) is 3.00. The molecule has 12 heteroatoms. The van der Waals surface area contributed by atoms with Crippen molar-refractivity contribution < 1.29 is 32.6 Å². The normalized spacial score (nSPS) is 12.9. The molecule has 0 fully saturated rings.